The van der Waals surface area contributed by atoms with Gasteiger partial charge < -0.3 is 15.2 Å². The minimum atomic E-state index is 0.230. The smallest absolute Gasteiger partial charge is 0.320 e. The average Bonchev–Trinajstić information content (AvgIpc) is 2.62. The van der Waals surface area contributed by atoms with Crippen LogP contribution in [0.15, 0.2) is 0 Å². The van der Waals surface area contributed by atoms with Gasteiger partial charge in [0.15, 0.2) is 17.0 Å². The quantitative estimate of drug-likeness (QED) is 0.756. The van der Waals surface area contributed by atoms with Crippen LogP contribution in [-0.2, 0) is 0 Å². The Morgan fingerprint density at radius 1 is 1.33 bits per heavy atom. The average molecular weight is 209 g/mol. The van der Waals surface area contributed by atoms with Gasteiger partial charge in [-0.2, -0.15) is 15.0 Å². The van der Waals surface area contributed by atoms with E-state index in [2.05, 4.69) is 19.9 Å². The van der Waals surface area contributed by atoms with Gasteiger partial charge in [-0.3, -0.25) is 4.98 Å². The molecule has 0 atom stereocenters. The first-order valence-corrected chi connectivity index (χ1v) is 4.44. The third kappa shape index (κ3) is 1.63. The van der Waals surface area contributed by atoms with Gasteiger partial charge in [-0.1, -0.05) is 0 Å². The van der Waals surface area contributed by atoms with Crippen molar-refractivity contribution in [1.82, 2.24) is 19.9 Å². The fraction of sp³-hybridized carbons (Fsp3) is 0.375. The molecule has 0 unspecified atom stereocenters. The topological polar surface area (TPSA) is 98.9 Å². The minimum absolute atomic E-state index is 0.230. The number of hydrogen-bond acceptors (Lipinski definition) is 6. The summed E-state index contributed by atoms with van der Waals surface area (Å²) < 4.78 is 10.1. The number of nitrogens with one attached hydrogen (secondary N) is 1. The number of fused-ring (bicyclic) bond motifs is 1. The molecule has 0 aliphatic rings. The van der Waals surface area contributed by atoms with Gasteiger partial charge in [0, 0.05) is 0 Å². The number of aromatic nitrogens is 4. The third-order valence-corrected chi connectivity index (χ3v) is 1.80. The zero-order valence-electron chi connectivity index (χ0n) is 8.44. The van der Waals surface area contributed by atoms with E-state index in [1.165, 1.54) is 7.11 Å². The summed E-state index contributed by atoms with van der Waals surface area (Å²) in [5.74, 6) is 0.267. The number of rotatable bonds is 3. The fourth-order valence-corrected chi connectivity index (χ4v) is 1.17. The Kier molecular flexibility index (Phi) is 2.28. The molecule has 80 valence electrons. The lowest BCUT2D eigenvalue weighted by atomic mass is 10.5. The summed E-state index contributed by atoms with van der Waals surface area (Å²) in [7, 11) is 1.50. The summed E-state index contributed by atoms with van der Waals surface area (Å²) >= 11 is 0. The van der Waals surface area contributed by atoms with Gasteiger partial charge in [0.25, 0.3) is 6.01 Å². The predicted molar refractivity (Wildman–Crippen MR) is 53.8 cm³/mol. The van der Waals surface area contributed by atoms with Crippen molar-refractivity contribution in [2.75, 3.05) is 19.5 Å². The Hall–Kier alpha value is -2.05. The highest BCUT2D eigenvalue weighted by molar-refractivity contribution is 5.82. The van der Waals surface area contributed by atoms with Crippen molar-refractivity contribution in [2.24, 2.45) is 0 Å². The number of methoxy groups -OCH3 is 1. The van der Waals surface area contributed by atoms with Crippen molar-refractivity contribution < 1.29 is 9.47 Å². The summed E-state index contributed by atoms with van der Waals surface area (Å²) in [5.41, 5.74) is 6.67. The van der Waals surface area contributed by atoms with Gasteiger partial charge >= 0.3 is 6.01 Å². The Labute approximate surface area is 85.6 Å². The van der Waals surface area contributed by atoms with Crippen LogP contribution in [0.5, 0.6) is 12.0 Å². The highest BCUT2D eigenvalue weighted by Gasteiger charge is 2.11. The highest BCUT2D eigenvalue weighted by atomic mass is 16.5. The molecule has 0 fully saturated rings. The molecule has 0 aliphatic carbocycles. The monoisotopic (exact) mass is 209 g/mol. The Bertz CT molecular complexity index is 481. The SMILES string of the molecule is CCOc1nc(N)c2nc(OC)[nH]c2n1. The Morgan fingerprint density at radius 2 is 2.13 bits per heavy atom. The van der Waals surface area contributed by atoms with E-state index in [1.807, 2.05) is 6.92 Å². The van der Waals surface area contributed by atoms with Crippen LogP contribution in [0.1, 0.15) is 6.92 Å². The number of anilines is 1. The molecular formula is C8H11N5O2. The molecule has 0 radical (unpaired) electrons. The lowest BCUT2D eigenvalue weighted by molar-refractivity contribution is 0.314. The molecule has 2 aromatic heterocycles. The molecule has 3 N–H and O–H groups in total. The number of aromatic amines is 1. The maximum Gasteiger partial charge on any atom is 0.320 e. The van der Waals surface area contributed by atoms with E-state index in [0.29, 0.717) is 23.8 Å². The molecule has 0 aromatic carbocycles. The normalized spacial score (nSPS) is 10.5. The fourth-order valence-electron chi connectivity index (χ4n) is 1.17. The molecule has 2 aromatic rings. The Balaban J connectivity index is 2.54. The second-order valence-electron chi connectivity index (χ2n) is 2.77. The highest BCUT2D eigenvalue weighted by Crippen LogP contribution is 2.20. The molecule has 7 heteroatoms. The van der Waals surface area contributed by atoms with Crippen molar-refractivity contribution in [3.05, 3.63) is 0 Å². The zero-order valence-corrected chi connectivity index (χ0v) is 8.44. The second-order valence-corrected chi connectivity index (χ2v) is 2.77. The lowest BCUT2D eigenvalue weighted by Crippen LogP contribution is -2.01. The molecule has 0 saturated carbocycles. The van der Waals surface area contributed by atoms with Crippen molar-refractivity contribution >= 4 is 17.0 Å². The van der Waals surface area contributed by atoms with Crippen LogP contribution in [0.3, 0.4) is 0 Å². The number of ether oxygens (including phenoxy) is 2. The molecular weight excluding hydrogens is 198 g/mol. The van der Waals surface area contributed by atoms with Crippen LogP contribution >= 0.6 is 0 Å². The van der Waals surface area contributed by atoms with Crippen LogP contribution in [0.2, 0.25) is 0 Å². The molecule has 15 heavy (non-hydrogen) atoms. The number of imidazole rings is 1. The van der Waals surface area contributed by atoms with Crippen molar-refractivity contribution in [2.45, 2.75) is 6.92 Å². The van der Waals surface area contributed by atoms with Crippen LogP contribution < -0.4 is 15.2 Å². The van der Waals surface area contributed by atoms with Crippen molar-refractivity contribution in [3.8, 4) is 12.0 Å². The molecule has 0 amide bonds. The molecule has 0 saturated heterocycles. The number of nitrogens with two attached hydrogens (primary N) is 1. The van der Waals surface area contributed by atoms with Crippen LogP contribution in [0.4, 0.5) is 5.82 Å². The van der Waals surface area contributed by atoms with Gasteiger partial charge in [-0.25, -0.2) is 0 Å². The first-order valence-electron chi connectivity index (χ1n) is 4.44. The van der Waals surface area contributed by atoms with E-state index >= 15 is 0 Å². The molecule has 2 heterocycles. The molecule has 0 spiro atoms. The molecule has 7 nitrogen and oxygen atoms in total. The van der Waals surface area contributed by atoms with E-state index < -0.39 is 0 Å². The van der Waals surface area contributed by atoms with Crippen molar-refractivity contribution in [1.29, 1.82) is 0 Å². The zero-order chi connectivity index (χ0) is 10.8. The standard InChI is InChI=1S/C8H11N5O2/c1-3-15-8-11-5(9)4-6(13-8)12-7(10-4)14-2/h3H2,1-2H3,(H3,9,10,11,12,13). The van der Waals surface area contributed by atoms with Crippen LogP contribution in [-0.4, -0.2) is 33.7 Å². The van der Waals surface area contributed by atoms with E-state index in [-0.39, 0.29) is 11.8 Å². The maximum atomic E-state index is 5.69. The van der Waals surface area contributed by atoms with Gasteiger partial charge in [0.05, 0.1) is 13.7 Å². The van der Waals surface area contributed by atoms with Gasteiger partial charge in [0.1, 0.15) is 0 Å². The number of hydrogen-bond donors (Lipinski definition) is 2. The van der Waals surface area contributed by atoms with Crippen molar-refractivity contribution in [3.63, 3.8) is 0 Å². The van der Waals surface area contributed by atoms with Crippen LogP contribution in [0.25, 0.3) is 11.2 Å². The number of nitrogen functional groups attached to an aromatic ring is 1. The summed E-state index contributed by atoms with van der Waals surface area (Å²) in [4.78, 5) is 14.9. The van der Waals surface area contributed by atoms with Gasteiger partial charge in [-0.15, -0.1) is 0 Å². The third-order valence-electron chi connectivity index (χ3n) is 1.80. The summed E-state index contributed by atoms with van der Waals surface area (Å²) in [5, 5.41) is 0. The molecule has 0 bridgehead atoms. The first-order chi connectivity index (χ1) is 7.24. The van der Waals surface area contributed by atoms with E-state index in [1.54, 1.807) is 0 Å². The lowest BCUT2D eigenvalue weighted by Gasteiger charge is -2.00. The summed E-state index contributed by atoms with van der Waals surface area (Å²) in [6.45, 7) is 2.33. The van der Waals surface area contributed by atoms with Crippen LogP contribution in [0, 0.1) is 0 Å². The predicted octanol–water partition coefficient (Wildman–Crippen LogP) is 0.342. The maximum absolute atomic E-state index is 5.69. The van der Waals surface area contributed by atoms with Gasteiger partial charge in [-0.05, 0) is 6.92 Å². The van der Waals surface area contributed by atoms with E-state index in [4.69, 9.17) is 15.2 Å². The van der Waals surface area contributed by atoms with Gasteiger partial charge in [0.2, 0.25) is 0 Å². The first kappa shape index (κ1) is 9.50. The van der Waals surface area contributed by atoms with E-state index in [0.717, 1.165) is 0 Å². The second kappa shape index (κ2) is 3.60. The molecule has 0 aliphatic heterocycles. The summed E-state index contributed by atoms with van der Waals surface area (Å²) in [6.07, 6.45) is 0. The number of nitrogens with zero attached hydrogens (tertiary/aromatic N) is 3. The Morgan fingerprint density at radius 3 is 2.80 bits per heavy atom. The molecule has 2 rings (SSSR count). The minimum Gasteiger partial charge on any atom is -0.468 e. The largest absolute Gasteiger partial charge is 0.468 e. The van der Waals surface area contributed by atoms with E-state index in [9.17, 15) is 0 Å². The summed E-state index contributed by atoms with van der Waals surface area (Å²) in [6, 6.07) is 0.577. The number of H-pyrrole nitrogens is 1.